The molecule has 0 aromatic heterocycles. The number of anilines is 4. The zero-order valence-corrected chi connectivity index (χ0v) is 21.6. The summed E-state index contributed by atoms with van der Waals surface area (Å²) in [5.74, 6) is -0.236. The first-order valence-corrected chi connectivity index (χ1v) is 12.2. The normalized spacial score (nSPS) is 12.3. The first kappa shape index (κ1) is 23.6. The van der Waals surface area contributed by atoms with Crippen LogP contribution < -0.4 is 9.80 Å². The molecule has 180 valence electrons. The topological polar surface area (TPSA) is 40.6 Å². The number of ketones is 2. The van der Waals surface area contributed by atoms with Crippen LogP contribution in [-0.4, -0.2) is 25.7 Å². The van der Waals surface area contributed by atoms with E-state index in [0.29, 0.717) is 22.3 Å². The van der Waals surface area contributed by atoms with Gasteiger partial charge >= 0.3 is 0 Å². The number of hydrogen-bond acceptors (Lipinski definition) is 4. The minimum absolute atomic E-state index is 0.114. The zero-order chi connectivity index (χ0) is 25.7. The number of rotatable bonds is 4. The predicted octanol–water partition coefficient (Wildman–Crippen LogP) is 7.23. The van der Waals surface area contributed by atoms with Crippen LogP contribution in [0, 0.1) is 27.7 Å². The zero-order valence-electron chi connectivity index (χ0n) is 21.6. The summed E-state index contributed by atoms with van der Waals surface area (Å²) in [7, 11) is 4.00. The van der Waals surface area contributed by atoms with Gasteiger partial charge in [0.2, 0.25) is 0 Å². The van der Waals surface area contributed by atoms with Crippen LogP contribution in [0.3, 0.4) is 0 Å². The molecule has 0 heterocycles. The van der Waals surface area contributed by atoms with Gasteiger partial charge in [-0.25, -0.2) is 0 Å². The summed E-state index contributed by atoms with van der Waals surface area (Å²) in [4.78, 5) is 31.7. The fourth-order valence-corrected chi connectivity index (χ4v) is 5.22. The summed E-state index contributed by atoms with van der Waals surface area (Å²) >= 11 is 0. The van der Waals surface area contributed by atoms with Crippen LogP contribution in [0.1, 0.15) is 54.1 Å². The molecule has 0 bridgehead atoms. The molecule has 1 aliphatic rings. The second-order valence-corrected chi connectivity index (χ2v) is 9.62. The van der Waals surface area contributed by atoms with Crippen molar-refractivity contribution in [3.63, 3.8) is 0 Å². The van der Waals surface area contributed by atoms with Crippen molar-refractivity contribution in [2.75, 3.05) is 23.9 Å². The standard InChI is InChI=1S/C32H30N2O2/c1-19-11-9-15-26(21(19)3)33(5)28-18-17-25-29(32(36)24-14-8-7-13-23(24)31(25)35)30(28)34(6)27-16-10-12-20(2)22(27)4/h7-18H,1-6H3. The van der Waals surface area contributed by atoms with Crippen LogP contribution in [0.4, 0.5) is 22.7 Å². The molecule has 4 aromatic rings. The predicted molar refractivity (Wildman–Crippen MR) is 148 cm³/mol. The van der Waals surface area contributed by atoms with Gasteiger partial charge in [-0.2, -0.15) is 0 Å². The molecule has 0 atom stereocenters. The highest BCUT2D eigenvalue weighted by molar-refractivity contribution is 6.31. The molecular weight excluding hydrogens is 444 g/mol. The summed E-state index contributed by atoms with van der Waals surface area (Å²) < 4.78 is 0. The minimum atomic E-state index is -0.122. The molecule has 0 saturated carbocycles. The van der Waals surface area contributed by atoms with Crippen molar-refractivity contribution in [2.24, 2.45) is 0 Å². The van der Waals surface area contributed by atoms with Crippen LogP contribution in [0.5, 0.6) is 0 Å². The van der Waals surface area contributed by atoms with Crippen molar-refractivity contribution >= 4 is 34.3 Å². The number of nitrogens with zero attached hydrogens (tertiary/aromatic N) is 2. The van der Waals surface area contributed by atoms with E-state index in [1.54, 1.807) is 18.2 Å². The molecule has 1 aliphatic carbocycles. The smallest absolute Gasteiger partial charge is 0.196 e. The lowest BCUT2D eigenvalue weighted by Crippen LogP contribution is -2.27. The first-order chi connectivity index (χ1) is 17.2. The Morgan fingerprint density at radius 1 is 0.500 bits per heavy atom. The Balaban J connectivity index is 1.82. The molecule has 4 heteroatoms. The molecular formula is C32H30N2O2. The third-order valence-electron chi connectivity index (χ3n) is 7.62. The van der Waals surface area contributed by atoms with Gasteiger partial charge in [-0.05, 0) is 74.2 Å². The van der Waals surface area contributed by atoms with Crippen LogP contribution >= 0.6 is 0 Å². The van der Waals surface area contributed by atoms with Crippen molar-refractivity contribution in [2.45, 2.75) is 27.7 Å². The maximum absolute atomic E-state index is 14.0. The first-order valence-electron chi connectivity index (χ1n) is 12.2. The number of hydrogen-bond donors (Lipinski definition) is 0. The second kappa shape index (κ2) is 8.80. The lowest BCUT2D eigenvalue weighted by Gasteiger charge is -2.33. The van der Waals surface area contributed by atoms with Gasteiger partial charge in [0.15, 0.2) is 11.6 Å². The minimum Gasteiger partial charge on any atom is -0.343 e. The molecule has 0 N–H and O–H groups in total. The van der Waals surface area contributed by atoms with Gasteiger partial charge in [-0.3, -0.25) is 9.59 Å². The molecule has 36 heavy (non-hydrogen) atoms. The highest BCUT2D eigenvalue weighted by Crippen LogP contribution is 2.45. The van der Waals surface area contributed by atoms with Gasteiger partial charge in [0, 0.05) is 42.2 Å². The van der Waals surface area contributed by atoms with E-state index >= 15 is 0 Å². The van der Waals surface area contributed by atoms with E-state index < -0.39 is 0 Å². The summed E-state index contributed by atoms with van der Waals surface area (Å²) in [6.45, 7) is 8.38. The summed E-state index contributed by atoms with van der Waals surface area (Å²) in [5, 5.41) is 0. The number of benzene rings is 4. The van der Waals surface area contributed by atoms with Crippen LogP contribution in [0.15, 0.2) is 72.8 Å². The fourth-order valence-electron chi connectivity index (χ4n) is 5.22. The number of fused-ring (bicyclic) bond motifs is 2. The van der Waals surface area contributed by atoms with Gasteiger partial charge in [0.1, 0.15) is 0 Å². The van der Waals surface area contributed by atoms with E-state index in [2.05, 4.69) is 61.8 Å². The van der Waals surface area contributed by atoms with Crippen molar-refractivity contribution in [3.05, 3.63) is 117 Å². The highest BCUT2D eigenvalue weighted by atomic mass is 16.1. The monoisotopic (exact) mass is 474 g/mol. The molecule has 4 aromatic carbocycles. The van der Waals surface area contributed by atoms with Crippen molar-refractivity contribution in [3.8, 4) is 0 Å². The lowest BCUT2D eigenvalue weighted by atomic mass is 9.82. The van der Waals surface area contributed by atoms with Crippen molar-refractivity contribution in [1.29, 1.82) is 0 Å². The fraction of sp³-hybridized carbons (Fsp3) is 0.188. The Kier molecular flexibility index (Phi) is 5.76. The summed E-state index contributed by atoms with van der Waals surface area (Å²) in [6, 6.07) is 23.3. The maximum atomic E-state index is 14.0. The average Bonchev–Trinajstić information content (AvgIpc) is 2.89. The molecule has 0 unspecified atom stereocenters. The number of aryl methyl sites for hydroxylation is 2. The molecule has 5 rings (SSSR count). The number of carbonyl (C=O) groups is 2. The Bertz CT molecular complexity index is 1550. The lowest BCUT2D eigenvalue weighted by molar-refractivity contribution is 0.0979. The van der Waals surface area contributed by atoms with Crippen molar-refractivity contribution < 1.29 is 9.59 Å². The summed E-state index contributed by atoms with van der Waals surface area (Å²) in [6.07, 6.45) is 0. The van der Waals surface area contributed by atoms with Crippen LogP contribution in [0.2, 0.25) is 0 Å². The van der Waals surface area contributed by atoms with Gasteiger partial charge < -0.3 is 9.80 Å². The SMILES string of the molecule is Cc1cccc(N(C)c2ccc3c(c2N(C)c2cccc(C)c2C)C(=O)c2ccccc2C3=O)c1C. The third kappa shape index (κ3) is 3.53. The van der Waals surface area contributed by atoms with E-state index in [1.165, 1.54) is 16.7 Å². The van der Waals surface area contributed by atoms with E-state index in [4.69, 9.17) is 0 Å². The Morgan fingerprint density at radius 3 is 1.61 bits per heavy atom. The van der Waals surface area contributed by atoms with Crippen LogP contribution in [0.25, 0.3) is 0 Å². The quantitative estimate of drug-likeness (QED) is 0.275. The van der Waals surface area contributed by atoms with Crippen molar-refractivity contribution in [1.82, 2.24) is 0 Å². The Hall–Kier alpha value is -4.18. The van der Waals surface area contributed by atoms with E-state index in [0.717, 1.165) is 28.3 Å². The molecule has 0 aliphatic heterocycles. The van der Waals surface area contributed by atoms with Crippen LogP contribution in [-0.2, 0) is 0 Å². The van der Waals surface area contributed by atoms with Gasteiger partial charge in [0.25, 0.3) is 0 Å². The molecule has 4 nitrogen and oxygen atoms in total. The Labute approximate surface area is 212 Å². The molecule has 0 saturated heterocycles. The van der Waals surface area contributed by atoms with E-state index in [-0.39, 0.29) is 11.6 Å². The second-order valence-electron chi connectivity index (χ2n) is 9.62. The maximum Gasteiger partial charge on any atom is 0.196 e. The van der Waals surface area contributed by atoms with E-state index in [9.17, 15) is 9.59 Å². The van der Waals surface area contributed by atoms with Gasteiger partial charge in [-0.1, -0.05) is 48.5 Å². The average molecular weight is 475 g/mol. The third-order valence-corrected chi connectivity index (χ3v) is 7.62. The molecule has 0 radical (unpaired) electrons. The largest absolute Gasteiger partial charge is 0.343 e. The number of carbonyl (C=O) groups excluding carboxylic acids is 2. The van der Waals surface area contributed by atoms with Gasteiger partial charge in [0.05, 0.1) is 16.9 Å². The molecule has 0 amide bonds. The van der Waals surface area contributed by atoms with Gasteiger partial charge in [-0.15, -0.1) is 0 Å². The van der Waals surface area contributed by atoms with E-state index in [1.807, 2.05) is 44.4 Å². The molecule has 0 fully saturated rings. The Morgan fingerprint density at radius 2 is 1.03 bits per heavy atom. The molecule has 0 spiro atoms. The highest BCUT2D eigenvalue weighted by Gasteiger charge is 2.35. The summed E-state index contributed by atoms with van der Waals surface area (Å²) in [5.41, 5.74) is 10.1.